The molecule has 2 N–H and O–H groups in total. The summed E-state index contributed by atoms with van der Waals surface area (Å²) < 4.78 is 6.83. The fourth-order valence-corrected chi connectivity index (χ4v) is 1.89. The van der Waals surface area contributed by atoms with Crippen LogP contribution in [0.15, 0.2) is 30.5 Å². The number of nitrogens with one attached hydrogen (secondary N) is 1. The Morgan fingerprint density at radius 1 is 1.38 bits per heavy atom. The molecule has 0 radical (unpaired) electrons. The summed E-state index contributed by atoms with van der Waals surface area (Å²) in [6, 6.07) is 7.51. The van der Waals surface area contributed by atoms with Crippen molar-refractivity contribution in [1.82, 2.24) is 20.3 Å². The van der Waals surface area contributed by atoms with E-state index in [1.54, 1.807) is 0 Å². The minimum absolute atomic E-state index is 0.0934. The standard InChI is InChI=1S/C16H20N4O4/c1-11(2)10-24-13-5-3-4-12(6-13)7-17-15(21)9-20-8-14(16(22)23)18-19-20/h3-6,8,11H,7,9-10H2,1-2H3,(H,17,21)(H,22,23). The Balaban J connectivity index is 1.84. The highest BCUT2D eigenvalue weighted by molar-refractivity contribution is 5.84. The first kappa shape index (κ1) is 17.5. The molecule has 0 saturated heterocycles. The van der Waals surface area contributed by atoms with Crippen LogP contribution < -0.4 is 10.1 Å². The summed E-state index contributed by atoms with van der Waals surface area (Å²) in [5, 5.41) is 18.5. The molecule has 24 heavy (non-hydrogen) atoms. The molecule has 0 aliphatic heterocycles. The van der Waals surface area contributed by atoms with Gasteiger partial charge in [0, 0.05) is 6.54 Å². The topological polar surface area (TPSA) is 106 Å². The Kier molecular flexibility index (Phi) is 5.89. The van der Waals surface area contributed by atoms with Crippen LogP contribution in [0, 0.1) is 5.92 Å². The number of amides is 1. The van der Waals surface area contributed by atoms with Crippen LogP contribution in [0.5, 0.6) is 5.75 Å². The number of nitrogens with zero attached hydrogens (tertiary/aromatic N) is 3. The van der Waals surface area contributed by atoms with E-state index in [2.05, 4.69) is 29.5 Å². The second-order valence-corrected chi connectivity index (χ2v) is 5.74. The second-order valence-electron chi connectivity index (χ2n) is 5.74. The quantitative estimate of drug-likeness (QED) is 0.755. The largest absolute Gasteiger partial charge is 0.493 e. The average molecular weight is 332 g/mol. The molecule has 0 aliphatic rings. The number of carboxylic acids is 1. The number of aromatic nitrogens is 3. The summed E-state index contributed by atoms with van der Waals surface area (Å²) in [4.78, 5) is 22.6. The molecule has 0 saturated carbocycles. The molecule has 1 amide bonds. The van der Waals surface area contributed by atoms with Crippen molar-refractivity contribution in [1.29, 1.82) is 0 Å². The summed E-state index contributed by atoms with van der Waals surface area (Å²) in [5.74, 6) is -0.269. The molecular formula is C16H20N4O4. The van der Waals surface area contributed by atoms with Crippen LogP contribution in [0.2, 0.25) is 0 Å². The average Bonchev–Trinajstić information content (AvgIpc) is 3.00. The Morgan fingerprint density at radius 3 is 2.83 bits per heavy atom. The van der Waals surface area contributed by atoms with Crippen LogP contribution in [0.25, 0.3) is 0 Å². The summed E-state index contributed by atoms with van der Waals surface area (Å²) in [6.45, 7) is 5.03. The number of rotatable bonds is 8. The van der Waals surface area contributed by atoms with E-state index in [1.165, 1.54) is 10.9 Å². The molecule has 0 spiro atoms. The number of carbonyl (C=O) groups is 2. The molecule has 0 bridgehead atoms. The molecule has 1 aromatic carbocycles. The van der Waals surface area contributed by atoms with Crippen molar-refractivity contribution in [2.45, 2.75) is 26.9 Å². The van der Waals surface area contributed by atoms with Crippen molar-refractivity contribution in [2.24, 2.45) is 5.92 Å². The lowest BCUT2D eigenvalue weighted by molar-refractivity contribution is -0.122. The van der Waals surface area contributed by atoms with Gasteiger partial charge in [0.25, 0.3) is 0 Å². The molecule has 2 aromatic rings. The number of carbonyl (C=O) groups excluding carboxylic acids is 1. The van der Waals surface area contributed by atoms with E-state index in [9.17, 15) is 9.59 Å². The third kappa shape index (κ3) is 5.38. The lowest BCUT2D eigenvalue weighted by atomic mass is 10.2. The zero-order valence-corrected chi connectivity index (χ0v) is 13.6. The van der Waals surface area contributed by atoms with E-state index < -0.39 is 5.97 Å². The monoisotopic (exact) mass is 332 g/mol. The number of ether oxygens (including phenoxy) is 1. The minimum Gasteiger partial charge on any atom is -0.493 e. The normalized spacial score (nSPS) is 10.6. The van der Waals surface area contributed by atoms with Crippen LogP contribution in [-0.4, -0.2) is 38.6 Å². The van der Waals surface area contributed by atoms with Gasteiger partial charge in [-0.25, -0.2) is 9.48 Å². The number of hydrogen-bond acceptors (Lipinski definition) is 5. The fourth-order valence-electron chi connectivity index (χ4n) is 1.89. The minimum atomic E-state index is -1.18. The van der Waals surface area contributed by atoms with Gasteiger partial charge in [-0.1, -0.05) is 31.2 Å². The third-order valence-electron chi connectivity index (χ3n) is 3.03. The predicted molar refractivity (Wildman–Crippen MR) is 85.6 cm³/mol. The van der Waals surface area contributed by atoms with Gasteiger partial charge in [-0.05, 0) is 23.6 Å². The summed E-state index contributed by atoms with van der Waals surface area (Å²) in [7, 11) is 0. The second kappa shape index (κ2) is 8.09. The molecule has 1 heterocycles. The molecule has 2 rings (SSSR count). The van der Waals surface area contributed by atoms with Gasteiger partial charge in [0.2, 0.25) is 5.91 Å². The third-order valence-corrected chi connectivity index (χ3v) is 3.03. The van der Waals surface area contributed by atoms with Crippen LogP contribution in [0.4, 0.5) is 0 Å². The number of hydrogen-bond donors (Lipinski definition) is 2. The zero-order chi connectivity index (χ0) is 17.5. The van der Waals surface area contributed by atoms with Gasteiger partial charge < -0.3 is 15.2 Å². The Labute approximate surface area is 139 Å². The highest BCUT2D eigenvalue weighted by Gasteiger charge is 2.10. The Bertz CT molecular complexity index is 712. The van der Waals surface area contributed by atoms with Crippen LogP contribution >= 0.6 is 0 Å². The van der Waals surface area contributed by atoms with E-state index in [1.807, 2.05) is 24.3 Å². The summed E-state index contributed by atoms with van der Waals surface area (Å²) in [6.07, 6.45) is 1.21. The number of benzene rings is 1. The fraction of sp³-hybridized carbons (Fsp3) is 0.375. The van der Waals surface area contributed by atoms with Crippen molar-refractivity contribution in [3.63, 3.8) is 0 Å². The first-order valence-corrected chi connectivity index (χ1v) is 7.56. The maximum absolute atomic E-state index is 11.9. The highest BCUT2D eigenvalue weighted by atomic mass is 16.5. The van der Waals surface area contributed by atoms with Gasteiger partial charge in [0.05, 0.1) is 12.8 Å². The SMILES string of the molecule is CC(C)COc1cccc(CNC(=O)Cn2cc(C(=O)O)nn2)c1. The molecule has 0 atom stereocenters. The van der Waals surface area contributed by atoms with Gasteiger partial charge in [-0.2, -0.15) is 0 Å². The van der Waals surface area contributed by atoms with Crippen molar-refractivity contribution in [2.75, 3.05) is 6.61 Å². The van der Waals surface area contributed by atoms with Crippen LogP contribution in [0.1, 0.15) is 29.9 Å². The summed E-state index contributed by atoms with van der Waals surface area (Å²) >= 11 is 0. The predicted octanol–water partition coefficient (Wildman–Crippen LogP) is 1.33. The van der Waals surface area contributed by atoms with E-state index in [0.717, 1.165) is 11.3 Å². The lowest BCUT2D eigenvalue weighted by Gasteiger charge is -2.10. The van der Waals surface area contributed by atoms with Crippen molar-refractivity contribution in [3.05, 3.63) is 41.7 Å². The molecule has 8 heteroatoms. The van der Waals surface area contributed by atoms with E-state index >= 15 is 0 Å². The highest BCUT2D eigenvalue weighted by Crippen LogP contribution is 2.14. The molecular weight excluding hydrogens is 312 g/mol. The molecule has 128 valence electrons. The molecule has 0 aliphatic carbocycles. The van der Waals surface area contributed by atoms with Crippen molar-refractivity contribution >= 4 is 11.9 Å². The number of carboxylic acid groups (broad SMARTS) is 1. The van der Waals surface area contributed by atoms with Gasteiger partial charge in [-0.3, -0.25) is 4.79 Å². The van der Waals surface area contributed by atoms with Crippen molar-refractivity contribution in [3.8, 4) is 5.75 Å². The maximum Gasteiger partial charge on any atom is 0.358 e. The molecule has 0 fully saturated rings. The Hall–Kier alpha value is -2.90. The molecule has 0 unspecified atom stereocenters. The smallest absolute Gasteiger partial charge is 0.358 e. The first-order chi connectivity index (χ1) is 11.4. The maximum atomic E-state index is 11.9. The molecule has 8 nitrogen and oxygen atoms in total. The first-order valence-electron chi connectivity index (χ1n) is 7.56. The molecule has 1 aromatic heterocycles. The Morgan fingerprint density at radius 2 is 2.17 bits per heavy atom. The van der Waals surface area contributed by atoms with Crippen molar-refractivity contribution < 1.29 is 19.4 Å². The van der Waals surface area contributed by atoms with E-state index in [-0.39, 0.29) is 18.1 Å². The van der Waals surface area contributed by atoms with E-state index in [0.29, 0.717) is 19.1 Å². The van der Waals surface area contributed by atoms with E-state index in [4.69, 9.17) is 9.84 Å². The van der Waals surface area contributed by atoms with Crippen LogP contribution in [-0.2, 0) is 17.9 Å². The van der Waals surface area contributed by atoms with Crippen LogP contribution in [0.3, 0.4) is 0 Å². The van der Waals surface area contributed by atoms with Gasteiger partial charge in [0.1, 0.15) is 12.3 Å². The van der Waals surface area contributed by atoms with Gasteiger partial charge >= 0.3 is 5.97 Å². The van der Waals surface area contributed by atoms with Gasteiger partial charge in [0.15, 0.2) is 5.69 Å². The number of aromatic carboxylic acids is 1. The lowest BCUT2D eigenvalue weighted by Crippen LogP contribution is -2.27. The zero-order valence-electron chi connectivity index (χ0n) is 13.6. The van der Waals surface area contributed by atoms with Gasteiger partial charge in [-0.15, -0.1) is 5.10 Å². The summed E-state index contributed by atoms with van der Waals surface area (Å²) in [5.41, 5.74) is 0.715.